The molecule has 7 nitrogen and oxygen atoms in total. The summed E-state index contributed by atoms with van der Waals surface area (Å²) >= 11 is 0. The fourth-order valence-corrected chi connectivity index (χ4v) is 2.82. The molecule has 3 N–H and O–H groups in total. The lowest BCUT2D eigenvalue weighted by atomic mass is 10.2. The summed E-state index contributed by atoms with van der Waals surface area (Å²) in [5.41, 5.74) is 6.39. The molecule has 11 heteroatoms. The Labute approximate surface area is 161 Å². The molecule has 0 saturated carbocycles. The molecule has 0 aliphatic heterocycles. The van der Waals surface area contributed by atoms with Crippen LogP contribution in [0.25, 0.3) is 17.3 Å². The summed E-state index contributed by atoms with van der Waals surface area (Å²) in [6.07, 6.45) is -2.18. The fourth-order valence-electron chi connectivity index (χ4n) is 2.82. The van der Waals surface area contributed by atoms with Crippen LogP contribution in [-0.4, -0.2) is 24.3 Å². The summed E-state index contributed by atoms with van der Waals surface area (Å²) in [5.74, 6) is 0.233. The van der Waals surface area contributed by atoms with Crippen LogP contribution in [0.2, 0.25) is 0 Å². The number of aryl methyl sites for hydroxylation is 1. The number of fused-ring (bicyclic) bond motifs is 1. The standard InChI is InChI=1S/C18H13F4N7/c1-9-15(29-8-11(19)7-24-17(29)25-9)16-27-13(23)6-14(28-16)26-12-4-2-10(3-5-12)18(20,21)22/h2-8H,1H3,(H3,23,26,27,28). The summed E-state index contributed by atoms with van der Waals surface area (Å²) in [4.78, 5) is 16.7. The predicted molar refractivity (Wildman–Crippen MR) is 97.8 cm³/mol. The maximum Gasteiger partial charge on any atom is 0.416 e. The van der Waals surface area contributed by atoms with Gasteiger partial charge in [0.15, 0.2) is 11.6 Å². The Morgan fingerprint density at radius 2 is 1.79 bits per heavy atom. The molecule has 3 aromatic heterocycles. The average Bonchev–Trinajstić information content (AvgIpc) is 2.96. The normalized spacial score (nSPS) is 11.8. The van der Waals surface area contributed by atoms with Crippen LogP contribution >= 0.6 is 0 Å². The van der Waals surface area contributed by atoms with Crippen LogP contribution < -0.4 is 11.1 Å². The predicted octanol–water partition coefficient (Wildman–Crippen LogP) is 3.98. The maximum atomic E-state index is 13.6. The number of nitrogens with two attached hydrogens (primary N) is 1. The molecular formula is C18H13F4N7. The third kappa shape index (κ3) is 3.66. The molecule has 0 fully saturated rings. The van der Waals surface area contributed by atoms with Gasteiger partial charge in [-0.3, -0.25) is 4.40 Å². The second-order valence-corrected chi connectivity index (χ2v) is 6.19. The highest BCUT2D eigenvalue weighted by Crippen LogP contribution is 2.31. The summed E-state index contributed by atoms with van der Waals surface area (Å²) in [6.45, 7) is 1.69. The molecule has 4 rings (SSSR count). The van der Waals surface area contributed by atoms with E-state index in [1.165, 1.54) is 28.8 Å². The Hall–Kier alpha value is -3.76. The van der Waals surface area contributed by atoms with Gasteiger partial charge in [0.05, 0.1) is 23.7 Å². The molecule has 0 atom stereocenters. The number of aromatic nitrogens is 5. The van der Waals surface area contributed by atoms with Crippen molar-refractivity contribution in [2.75, 3.05) is 11.1 Å². The van der Waals surface area contributed by atoms with E-state index in [1.807, 2.05) is 0 Å². The molecule has 0 spiro atoms. The van der Waals surface area contributed by atoms with Gasteiger partial charge in [0.2, 0.25) is 5.78 Å². The van der Waals surface area contributed by atoms with Crippen molar-refractivity contribution in [3.63, 3.8) is 0 Å². The largest absolute Gasteiger partial charge is 0.416 e. The maximum absolute atomic E-state index is 13.6. The van der Waals surface area contributed by atoms with E-state index in [0.29, 0.717) is 17.1 Å². The Kier molecular flexibility index (Phi) is 4.29. The van der Waals surface area contributed by atoms with Crippen LogP contribution in [-0.2, 0) is 6.18 Å². The lowest BCUT2D eigenvalue weighted by molar-refractivity contribution is -0.137. The Balaban J connectivity index is 1.72. The van der Waals surface area contributed by atoms with Gasteiger partial charge in [0.25, 0.3) is 0 Å². The van der Waals surface area contributed by atoms with Crippen molar-refractivity contribution >= 4 is 23.1 Å². The number of nitrogens with zero attached hydrogens (tertiary/aromatic N) is 5. The first-order valence-corrected chi connectivity index (χ1v) is 8.30. The van der Waals surface area contributed by atoms with Gasteiger partial charge in [-0.25, -0.2) is 24.3 Å². The molecule has 3 heterocycles. The van der Waals surface area contributed by atoms with E-state index < -0.39 is 17.6 Å². The molecule has 0 aliphatic carbocycles. The zero-order valence-corrected chi connectivity index (χ0v) is 14.9. The number of nitrogens with one attached hydrogen (secondary N) is 1. The van der Waals surface area contributed by atoms with E-state index in [4.69, 9.17) is 5.73 Å². The minimum Gasteiger partial charge on any atom is -0.384 e. The number of nitrogen functional groups attached to an aromatic ring is 1. The van der Waals surface area contributed by atoms with E-state index in [2.05, 4.69) is 25.3 Å². The highest BCUT2D eigenvalue weighted by atomic mass is 19.4. The Bertz CT molecular complexity index is 1200. The third-order valence-corrected chi connectivity index (χ3v) is 4.06. The first kappa shape index (κ1) is 18.6. The second kappa shape index (κ2) is 6.69. The molecule has 4 aromatic rings. The zero-order chi connectivity index (χ0) is 20.8. The highest BCUT2D eigenvalue weighted by Gasteiger charge is 2.30. The van der Waals surface area contributed by atoms with Gasteiger partial charge in [0, 0.05) is 11.8 Å². The second-order valence-electron chi connectivity index (χ2n) is 6.19. The van der Waals surface area contributed by atoms with Gasteiger partial charge in [-0.15, -0.1) is 0 Å². The van der Waals surface area contributed by atoms with Gasteiger partial charge in [0.1, 0.15) is 17.3 Å². The fraction of sp³-hybridized carbons (Fsp3) is 0.111. The third-order valence-electron chi connectivity index (χ3n) is 4.06. The number of benzene rings is 1. The van der Waals surface area contributed by atoms with Crippen molar-refractivity contribution in [2.45, 2.75) is 13.1 Å². The van der Waals surface area contributed by atoms with Crippen LogP contribution in [0.5, 0.6) is 0 Å². The van der Waals surface area contributed by atoms with E-state index in [1.54, 1.807) is 6.92 Å². The SMILES string of the molecule is Cc1nc2ncc(F)cn2c1-c1nc(N)cc(Nc2ccc(C(F)(F)F)cc2)n1. The molecule has 1 aromatic carbocycles. The van der Waals surface area contributed by atoms with Crippen molar-refractivity contribution in [2.24, 2.45) is 0 Å². The summed E-state index contributed by atoms with van der Waals surface area (Å²) in [5, 5.41) is 2.89. The smallest absolute Gasteiger partial charge is 0.384 e. The molecule has 29 heavy (non-hydrogen) atoms. The number of anilines is 3. The van der Waals surface area contributed by atoms with Gasteiger partial charge >= 0.3 is 6.18 Å². The van der Waals surface area contributed by atoms with Gasteiger partial charge < -0.3 is 11.1 Å². The van der Waals surface area contributed by atoms with E-state index in [0.717, 1.165) is 18.3 Å². The van der Waals surface area contributed by atoms with Crippen molar-refractivity contribution in [3.8, 4) is 11.5 Å². The highest BCUT2D eigenvalue weighted by molar-refractivity contribution is 5.66. The quantitative estimate of drug-likeness (QED) is 0.503. The average molecular weight is 403 g/mol. The van der Waals surface area contributed by atoms with Crippen molar-refractivity contribution in [3.05, 3.63) is 59.8 Å². The molecule has 0 radical (unpaired) electrons. The molecular weight excluding hydrogens is 390 g/mol. The molecule has 148 valence electrons. The van der Waals surface area contributed by atoms with E-state index >= 15 is 0 Å². The van der Waals surface area contributed by atoms with E-state index in [9.17, 15) is 17.6 Å². The van der Waals surface area contributed by atoms with Crippen LogP contribution in [0.15, 0.2) is 42.7 Å². The molecule has 0 bridgehead atoms. The van der Waals surface area contributed by atoms with E-state index in [-0.39, 0.29) is 23.2 Å². The molecule has 0 unspecified atom stereocenters. The summed E-state index contributed by atoms with van der Waals surface area (Å²) in [7, 11) is 0. The number of rotatable bonds is 3. The Morgan fingerprint density at radius 1 is 1.07 bits per heavy atom. The number of hydrogen-bond acceptors (Lipinski definition) is 6. The minimum absolute atomic E-state index is 0.114. The summed E-state index contributed by atoms with van der Waals surface area (Å²) < 4.78 is 53.2. The van der Waals surface area contributed by atoms with Crippen molar-refractivity contribution in [1.82, 2.24) is 24.3 Å². The molecule has 0 saturated heterocycles. The number of halogens is 4. The van der Waals surface area contributed by atoms with Crippen LogP contribution in [0.4, 0.5) is 34.9 Å². The lowest BCUT2D eigenvalue weighted by Crippen LogP contribution is -2.05. The lowest BCUT2D eigenvalue weighted by Gasteiger charge is -2.10. The van der Waals surface area contributed by atoms with Crippen molar-refractivity contribution in [1.29, 1.82) is 0 Å². The topological polar surface area (TPSA) is 94.0 Å². The summed E-state index contributed by atoms with van der Waals surface area (Å²) in [6, 6.07) is 5.89. The Morgan fingerprint density at radius 3 is 2.48 bits per heavy atom. The minimum atomic E-state index is -4.42. The number of imidazole rings is 1. The molecule has 0 amide bonds. The number of hydrogen-bond donors (Lipinski definition) is 2. The van der Waals surface area contributed by atoms with Crippen LogP contribution in [0.1, 0.15) is 11.3 Å². The van der Waals surface area contributed by atoms with Crippen LogP contribution in [0.3, 0.4) is 0 Å². The first-order chi connectivity index (χ1) is 13.7. The van der Waals surface area contributed by atoms with Gasteiger partial charge in [-0.2, -0.15) is 13.2 Å². The van der Waals surface area contributed by atoms with Crippen LogP contribution in [0, 0.1) is 12.7 Å². The number of alkyl halides is 3. The monoisotopic (exact) mass is 403 g/mol. The molecule has 0 aliphatic rings. The van der Waals surface area contributed by atoms with Crippen molar-refractivity contribution < 1.29 is 17.6 Å². The first-order valence-electron chi connectivity index (χ1n) is 8.30. The zero-order valence-electron chi connectivity index (χ0n) is 14.9. The van der Waals surface area contributed by atoms with Gasteiger partial charge in [-0.1, -0.05) is 0 Å². The van der Waals surface area contributed by atoms with Gasteiger partial charge in [-0.05, 0) is 31.2 Å².